The Bertz CT molecular complexity index is 903. The molecule has 32 heavy (non-hydrogen) atoms. The highest BCUT2D eigenvalue weighted by Gasteiger charge is 2.43. The van der Waals surface area contributed by atoms with Crippen molar-refractivity contribution in [3.05, 3.63) is 29.8 Å². The maximum Gasteiger partial charge on any atom is 0.243 e. The Kier molecular flexibility index (Phi) is 7.48. The van der Waals surface area contributed by atoms with E-state index in [0.717, 1.165) is 0 Å². The summed E-state index contributed by atoms with van der Waals surface area (Å²) in [6.45, 7) is 4.17. The van der Waals surface area contributed by atoms with Crippen molar-refractivity contribution in [3.63, 3.8) is 0 Å². The second-order valence-electron chi connectivity index (χ2n) is 8.67. The summed E-state index contributed by atoms with van der Waals surface area (Å²) in [4.78, 5) is 14.7. The van der Waals surface area contributed by atoms with Gasteiger partial charge in [0.15, 0.2) is 0 Å². The van der Waals surface area contributed by atoms with E-state index in [0.29, 0.717) is 44.7 Å². The topological polar surface area (TPSA) is 106 Å². The van der Waals surface area contributed by atoms with Crippen LogP contribution in [0.2, 0.25) is 0 Å². The zero-order valence-corrected chi connectivity index (χ0v) is 19.2. The number of aliphatic hydroxyl groups excluding tert-OH is 1. The summed E-state index contributed by atoms with van der Waals surface area (Å²) in [5.41, 5.74) is 0.655. The normalized spacial score (nSPS) is 30.2. The van der Waals surface area contributed by atoms with Gasteiger partial charge in [0, 0.05) is 19.6 Å². The van der Waals surface area contributed by atoms with Crippen molar-refractivity contribution in [1.82, 2.24) is 9.21 Å². The maximum atomic E-state index is 13.6. The first-order valence-corrected chi connectivity index (χ1v) is 12.6. The van der Waals surface area contributed by atoms with Gasteiger partial charge < -0.3 is 24.2 Å². The van der Waals surface area contributed by atoms with E-state index >= 15 is 0 Å². The minimum Gasteiger partial charge on any atom is -0.389 e. The van der Waals surface area contributed by atoms with Crippen LogP contribution in [0.4, 0.5) is 0 Å². The van der Waals surface area contributed by atoms with E-state index in [9.17, 15) is 18.3 Å². The number of nitrogens with zero attached hydrogens (tertiary/aromatic N) is 2. The van der Waals surface area contributed by atoms with Gasteiger partial charge in [0.05, 0.1) is 62.1 Å². The lowest BCUT2D eigenvalue weighted by Crippen LogP contribution is -2.57. The molecule has 1 aromatic carbocycles. The average molecular weight is 469 g/mol. The Morgan fingerprint density at radius 2 is 1.88 bits per heavy atom. The number of aryl methyl sites for hydroxylation is 1. The predicted octanol–water partition coefficient (Wildman–Crippen LogP) is 0.542. The number of amides is 1. The van der Waals surface area contributed by atoms with E-state index in [1.54, 1.807) is 36.1 Å². The standard InChI is InChI=1S/C22H32N2O7S/c1-16-4-2-3-5-21(16)32(27,28)24-13-17(25)14-30-15-20-19(24)7-6-18(31-20)12-22(26)23-8-10-29-11-9-23/h2-5,17-20,25H,6-15H2,1H3/t17-,18+,19-,20+/m1/s1. The number of hydrogen-bond acceptors (Lipinski definition) is 7. The van der Waals surface area contributed by atoms with Crippen LogP contribution in [0.5, 0.6) is 0 Å². The summed E-state index contributed by atoms with van der Waals surface area (Å²) in [6, 6.07) is 6.39. The minimum absolute atomic E-state index is 0.0309. The van der Waals surface area contributed by atoms with E-state index in [4.69, 9.17) is 14.2 Å². The van der Waals surface area contributed by atoms with Crippen molar-refractivity contribution < 1.29 is 32.5 Å². The fraction of sp³-hybridized carbons (Fsp3) is 0.682. The summed E-state index contributed by atoms with van der Waals surface area (Å²) in [5.74, 6) is 0.0309. The maximum absolute atomic E-state index is 13.6. The van der Waals surface area contributed by atoms with Gasteiger partial charge in [-0.25, -0.2) is 8.42 Å². The molecule has 3 aliphatic heterocycles. The van der Waals surface area contributed by atoms with Crippen LogP contribution < -0.4 is 0 Å². The number of carbonyl (C=O) groups excluding carboxylic acids is 1. The Morgan fingerprint density at radius 3 is 2.62 bits per heavy atom. The Morgan fingerprint density at radius 1 is 1.12 bits per heavy atom. The first-order valence-electron chi connectivity index (χ1n) is 11.2. The Hall–Kier alpha value is -1.56. The van der Waals surface area contributed by atoms with Gasteiger partial charge in [-0.3, -0.25) is 4.79 Å². The highest BCUT2D eigenvalue weighted by Crippen LogP contribution is 2.32. The van der Waals surface area contributed by atoms with E-state index in [-0.39, 0.29) is 43.1 Å². The molecule has 0 bridgehead atoms. The number of aliphatic hydroxyl groups is 1. The van der Waals surface area contributed by atoms with Crippen LogP contribution in [-0.2, 0) is 29.0 Å². The molecule has 0 spiro atoms. The summed E-state index contributed by atoms with van der Waals surface area (Å²) >= 11 is 0. The van der Waals surface area contributed by atoms with Crippen molar-refractivity contribution in [2.75, 3.05) is 46.1 Å². The molecule has 4 atom stereocenters. The van der Waals surface area contributed by atoms with E-state index in [1.165, 1.54) is 4.31 Å². The summed E-state index contributed by atoms with van der Waals surface area (Å²) < 4.78 is 45.7. The SMILES string of the molecule is Cc1ccccc1S(=O)(=O)N1C[C@@H](O)COC[C@@H]2O[C@H](CC(=O)N3CCOCC3)CC[C@H]21. The first-order chi connectivity index (χ1) is 15.4. The lowest BCUT2D eigenvalue weighted by atomic mass is 9.96. The molecule has 3 heterocycles. The van der Waals surface area contributed by atoms with E-state index in [2.05, 4.69) is 0 Å². The fourth-order valence-electron chi connectivity index (χ4n) is 4.68. The lowest BCUT2D eigenvalue weighted by molar-refractivity contribution is -0.153. The van der Waals surface area contributed by atoms with Gasteiger partial charge in [-0.1, -0.05) is 18.2 Å². The molecule has 0 saturated carbocycles. The Labute approximate surface area is 189 Å². The molecule has 3 aliphatic rings. The molecule has 1 aromatic rings. The number of ether oxygens (including phenoxy) is 3. The molecule has 9 nitrogen and oxygen atoms in total. The second kappa shape index (κ2) is 10.1. The minimum atomic E-state index is -3.84. The number of fused-ring (bicyclic) bond motifs is 1. The third-order valence-electron chi connectivity index (χ3n) is 6.38. The number of hydrogen-bond donors (Lipinski definition) is 1. The monoisotopic (exact) mass is 468 g/mol. The van der Waals surface area contributed by atoms with Gasteiger partial charge in [0.1, 0.15) is 0 Å². The average Bonchev–Trinajstić information content (AvgIpc) is 2.77. The van der Waals surface area contributed by atoms with Crippen molar-refractivity contribution in [3.8, 4) is 0 Å². The van der Waals surface area contributed by atoms with Gasteiger partial charge >= 0.3 is 0 Å². The molecule has 0 radical (unpaired) electrons. The fourth-order valence-corrected chi connectivity index (χ4v) is 6.62. The first kappa shape index (κ1) is 23.6. The van der Waals surface area contributed by atoms with Crippen LogP contribution in [-0.4, -0.2) is 99.1 Å². The van der Waals surface area contributed by atoms with Crippen LogP contribution in [0.3, 0.4) is 0 Å². The molecule has 178 valence electrons. The van der Waals surface area contributed by atoms with Gasteiger partial charge in [0.2, 0.25) is 15.9 Å². The van der Waals surface area contributed by atoms with Crippen LogP contribution in [0.15, 0.2) is 29.2 Å². The van der Waals surface area contributed by atoms with Gasteiger partial charge in [-0.15, -0.1) is 0 Å². The molecule has 1 amide bonds. The molecule has 10 heteroatoms. The molecule has 1 N–H and O–H groups in total. The smallest absolute Gasteiger partial charge is 0.243 e. The summed E-state index contributed by atoms with van der Waals surface area (Å²) in [6.07, 6.45) is -0.355. The molecule has 3 fully saturated rings. The highest BCUT2D eigenvalue weighted by molar-refractivity contribution is 7.89. The second-order valence-corrected chi connectivity index (χ2v) is 10.5. The lowest BCUT2D eigenvalue weighted by Gasteiger charge is -2.44. The number of morpholine rings is 1. The molecule has 0 aliphatic carbocycles. The van der Waals surface area contributed by atoms with E-state index in [1.807, 2.05) is 0 Å². The largest absolute Gasteiger partial charge is 0.389 e. The highest BCUT2D eigenvalue weighted by atomic mass is 32.2. The van der Waals surface area contributed by atoms with Crippen molar-refractivity contribution >= 4 is 15.9 Å². The molecular weight excluding hydrogens is 436 g/mol. The quantitative estimate of drug-likeness (QED) is 0.688. The third-order valence-corrected chi connectivity index (χ3v) is 8.43. The van der Waals surface area contributed by atoms with Crippen LogP contribution in [0.1, 0.15) is 24.8 Å². The Balaban J connectivity index is 1.51. The van der Waals surface area contributed by atoms with Crippen molar-refractivity contribution in [2.45, 2.75) is 55.4 Å². The van der Waals surface area contributed by atoms with Gasteiger partial charge in [-0.2, -0.15) is 4.31 Å². The molecule has 0 aromatic heterocycles. The number of sulfonamides is 1. The molecule has 4 rings (SSSR count). The van der Waals surface area contributed by atoms with E-state index < -0.39 is 28.3 Å². The summed E-state index contributed by atoms with van der Waals surface area (Å²) in [7, 11) is -3.84. The number of benzene rings is 1. The summed E-state index contributed by atoms with van der Waals surface area (Å²) in [5, 5.41) is 10.3. The number of rotatable bonds is 4. The van der Waals surface area contributed by atoms with Gasteiger partial charge in [-0.05, 0) is 31.4 Å². The molecular formula is C22H32N2O7S. The predicted molar refractivity (Wildman–Crippen MR) is 116 cm³/mol. The van der Waals surface area contributed by atoms with Crippen LogP contribution in [0.25, 0.3) is 0 Å². The van der Waals surface area contributed by atoms with Crippen molar-refractivity contribution in [1.29, 1.82) is 0 Å². The zero-order valence-electron chi connectivity index (χ0n) is 18.4. The van der Waals surface area contributed by atoms with Gasteiger partial charge in [0.25, 0.3) is 0 Å². The van der Waals surface area contributed by atoms with Crippen molar-refractivity contribution in [2.24, 2.45) is 0 Å². The third kappa shape index (κ3) is 5.16. The molecule has 3 saturated heterocycles. The number of β-amino-alcohol motifs (C(OH)–C–C–N with tert-alkyl or cyclic N) is 1. The zero-order chi connectivity index (χ0) is 22.7. The molecule has 0 unspecified atom stereocenters. The number of carbonyl (C=O) groups is 1. The van der Waals surface area contributed by atoms with Crippen LogP contribution in [0, 0.1) is 6.92 Å². The van der Waals surface area contributed by atoms with Crippen LogP contribution >= 0.6 is 0 Å².